The summed E-state index contributed by atoms with van der Waals surface area (Å²) in [6, 6.07) is 99.6. The molecule has 0 aromatic heterocycles. The van der Waals surface area contributed by atoms with Gasteiger partial charge in [-0.3, -0.25) is 0 Å². The van der Waals surface area contributed by atoms with Crippen molar-refractivity contribution in [2.75, 3.05) is 0 Å². The average Bonchev–Trinajstić information content (AvgIpc) is 3.73. The zero-order valence-corrected chi connectivity index (χ0v) is 37.9. The summed E-state index contributed by atoms with van der Waals surface area (Å²) in [7, 11) is 0. The van der Waals surface area contributed by atoms with Gasteiger partial charge in [-0.1, -0.05) is 255 Å². The standard InChI is InChI=1S/C69H44/c1-5-21-45(22-6-1)64-54-29-13-17-33-58(54)66(59-34-18-14-30-55(59)64)48-38-40-52-47(43-48)37-42-62-53-41-39-49(44-63(53)69(68(52)62,50-25-9-3-10-26-50)51-27-11-4-12-28-51)67-60-35-19-15-31-56(60)65(46-23-7-2-8-24-46)57-32-16-20-36-61(57)67/h1-44H. The maximum Gasteiger partial charge on any atom is 0.0719 e. The molecule has 1 aliphatic rings. The van der Waals surface area contributed by atoms with Crippen molar-refractivity contribution in [1.82, 2.24) is 0 Å². The molecule has 0 heterocycles. The predicted molar refractivity (Wildman–Crippen MR) is 293 cm³/mol. The van der Waals surface area contributed by atoms with Crippen molar-refractivity contribution in [3.8, 4) is 55.6 Å². The third-order valence-corrected chi connectivity index (χ3v) is 15.1. The lowest BCUT2D eigenvalue weighted by atomic mass is 9.66. The largest absolute Gasteiger partial charge is 0.0719 e. The van der Waals surface area contributed by atoms with Crippen LogP contribution in [0.5, 0.6) is 0 Å². The van der Waals surface area contributed by atoms with Crippen LogP contribution < -0.4 is 0 Å². The molecule has 14 rings (SSSR count). The van der Waals surface area contributed by atoms with E-state index in [0.29, 0.717) is 0 Å². The van der Waals surface area contributed by atoms with Crippen molar-refractivity contribution < 1.29 is 0 Å². The quantitative estimate of drug-likeness (QED) is 0.146. The number of benzene rings is 13. The SMILES string of the molecule is c1ccc(-c2c3ccccc3c(-c3ccc4c(c3)C(c3ccccc3)(c3ccccc3)c3c-4ccc4cc(-c5c6ccccc6c(-c6ccccc6)c6ccccc56)ccc34)c3ccccc23)cc1. The van der Waals surface area contributed by atoms with Crippen molar-refractivity contribution >= 4 is 53.9 Å². The number of hydrogen-bond acceptors (Lipinski definition) is 0. The fourth-order valence-corrected chi connectivity index (χ4v) is 12.3. The Balaban J connectivity index is 1.04. The van der Waals surface area contributed by atoms with E-state index in [2.05, 4.69) is 267 Å². The number of rotatable bonds is 6. The Morgan fingerprint density at radius 3 is 0.971 bits per heavy atom. The van der Waals surface area contributed by atoms with Gasteiger partial charge in [0.15, 0.2) is 0 Å². The highest BCUT2D eigenvalue weighted by Crippen LogP contribution is 2.59. The summed E-state index contributed by atoms with van der Waals surface area (Å²) >= 11 is 0. The van der Waals surface area contributed by atoms with E-state index in [0.717, 1.165) is 0 Å². The van der Waals surface area contributed by atoms with E-state index in [1.807, 2.05) is 0 Å². The monoisotopic (exact) mass is 872 g/mol. The first kappa shape index (κ1) is 39.3. The van der Waals surface area contributed by atoms with Crippen LogP contribution in [0.25, 0.3) is 109 Å². The van der Waals surface area contributed by atoms with Crippen LogP contribution in [0.15, 0.2) is 267 Å². The van der Waals surface area contributed by atoms with Gasteiger partial charge < -0.3 is 0 Å². The van der Waals surface area contributed by atoms with Crippen LogP contribution >= 0.6 is 0 Å². The first-order valence-corrected chi connectivity index (χ1v) is 24.1. The van der Waals surface area contributed by atoms with Gasteiger partial charge in [0.2, 0.25) is 0 Å². The number of hydrogen-bond donors (Lipinski definition) is 0. The second-order valence-corrected chi connectivity index (χ2v) is 18.6. The predicted octanol–water partition coefficient (Wildman–Crippen LogP) is 18.5. The van der Waals surface area contributed by atoms with E-state index in [1.165, 1.54) is 132 Å². The smallest absolute Gasteiger partial charge is 0.0622 e. The summed E-state index contributed by atoms with van der Waals surface area (Å²) in [5, 5.41) is 12.6. The van der Waals surface area contributed by atoms with Crippen LogP contribution in [0.3, 0.4) is 0 Å². The molecule has 0 unspecified atom stereocenters. The van der Waals surface area contributed by atoms with Crippen LogP contribution in [0.1, 0.15) is 22.3 Å². The lowest BCUT2D eigenvalue weighted by molar-refractivity contribution is 0.776. The average molecular weight is 873 g/mol. The Morgan fingerprint density at radius 2 is 0.551 bits per heavy atom. The molecule has 0 atom stereocenters. The molecule has 0 fully saturated rings. The molecule has 0 bridgehead atoms. The van der Waals surface area contributed by atoms with Crippen LogP contribution in [0.2, 0.25) is 0 Å². The molecule has 1 aliphatic carbocycles. The van der Waals surface area contributed by atoms with Crippen molar-refractivity contribution in [2.24, 2.45) is 0 Å². The Hall–Kier alpha value is -8.84. The molecule has 13 aromatic carbocycles. The second kappa shape index (κ2) is 15.6. The summed E-state index contributed by atoms with van der Waals surface area (Å²) in [4.78, 5) is 0. The summed E-state index contributed by atoms with van der Waals surface area (Å²) in [5.74, 6) is 0. The van der Waals surface area contributed by atoms with E-state index < -0.39 is 5.41 Å². The summed E-state index contributed by atoms with van der Waals surface area (Å²) < 4.78 is 0. The first-order chi connectivity index (χ1) is 34.3. The maximum atomic E-state index is 2.54. The molecule has 0 amide bonds. The molecule has 0 spiro atoms. The van der Waals surface area contributed by atoms with Gasteiger partial charge in [0.05, 0.1) is 5.41 Å². The third kappa shape index (κ3) is 5.83. The molecule has 0 aliphatic heterocycles. The summed E-state index contributed by atoms with van der Waals surface area (Å²) in [6.45, 7) is 0. The Kier molecular flexibility index (Phi) is 8.91. The normalized spacial score (nSPS) is 12.8. The molecule has 13 aromatic rings. The van der Waals surface area contributed by atoms with Gasteiger partial charge in [0, 0.05) is 0 Å². The van der Waals surface area contributed by atoms with Crippen molar-refractivity contribution in [3.05, 3.63) is 289 Å². The molecule has 0 radical (unpaired) electrons. The second-order valence-electron chi connectivity index (χ2n) is 18.6. The minimum atomic E-state index is -0.615. The molecule has 0 nitrogen and oxygen atoms in total. The van der Waals surface area contributed by atoms with Gasteiger partial charge in [-0.25, -0.2) is 0 Å². The van der Waals surface area contributed by atoms with E-state index in [1.54, 1.807) is 0 Å². The highest BCUT2D eigenvalue weighted by atomic mass is 14.5. The minimum Gasteiger partial charge on any atom is -0.0622 e. The maximum absolute atomic E-state index is 2.54. The first-order valence-electron chi connectivity index (χ1n) is 24.1. The van der Waals surface area contributed by atoms with Crippen LogP contribution in [-0.2, 0) is 5.41 Å². The van der Waals surface area contributed by atoms with E-state index >= 15 is 0 Å². The third-order valence-electron chi connectivity index (χ3n) is 15.1. The fraction of sp³-hybridized carbons (Fsp3) is 0.0145. The zero-order valence-electron chi connectivity index (χ0n) is 37.9. The van der Waals surface area contributed by atoms with Crippen molar-refractivity contribution in [2.45, 2.75) is 5.41 Å². The van der Waals surface area contributed by atoms with Crippen LogP contribution in [-0.4, -0.2) is 0 Å². The molecule has 0 saturated carbocycles. The van der Waals surface area contributed by atoms with Crippen molar-refractivity contribution in [3.63, 3.8) is 0 Å². The summed E-state index contributed by atoms with van der Waals surface area (Å²) in [6.07, 6.45) is 0. The highest BCUT2D eigenvalue weighted by Gasteiger charge is 2.47. The molecule has 0 saturated heterocycles. The molecular weight excluding hydrogens is 829 g/mol. The highest BCUT2D eigenvalue weighted by molar-refractivity contribution is 6.23. The van der Waals surface area contributed by atoms with Crippen LogP contribution in [0, 0.1) is 0 Å². The van der Waals surface area contributed by atoms with Gasteiger partial charge >= 0.3 is 0 Å². The Labute approximate surface area is 402 Å². The van der Waals surface area contributed by atoms with Gasteiger partial charge in [-0.15, -0.1) is 0 Å². The number of fused-ring (bicyclic) bond motifs is 9. The lowest BCUT2D eigenvalue weighted by Crippen LogP contribution is -2.28. The Morgan fingerprint density at radius 1 is 0.217 bits per heavy atom. The van der Waals surface area contributed by atoms with Gasteiger partial charge in [0.25, 0.3) is 0 Å². The Bertz CT molecular complexity index is 4000. The fourth-order valence-electron chi connectivity index (χ4n) is 12.3. The van der Waals surface area contributed by atoms with E-state index in [9.17, 15) is 0 Å². The molecule has 0 N–H and O–H groups in total. The van der Waals surface area contributed by atoms with Crippen molar-refractivity contribution in [1.29, 1.82) is 0 Å². The van der Waals surface area contributed by atoms with Gasteiger partial charge in [-0.05, 0) is 144 Å². The molecule has 320 valence electrons. The van der Waals surface area contributed by atoms with E-state index in [-0.39, 0.29) is 0 Å². The molecule has 69 heavy (non-hydrogen) atoms. The van der Waals surface area contributed by atoms with Gasteiger partial charge in [-0.2, -0.15) is 0 Å². The molecular formula is C69H44. The van der Waals surface area contributed by atoms with E-state index in [4.69, 9.17) is 0 Å². The van der Waals surface area contributed by atoms with Gasteiger partial charge in [0.1, 0.15) is 0 Å². The summed E-state index contributed by atoms with van der Waals surface area (Å²) in [5.41, 5.74) is 17.1. The topological polar surface area (TPSA) is 0 Å². The lowest BCUT2D eigenvalue weighted by Gasteiger charge is -2.35. The minimum absolute atomic E-state index is 0.615. The van der Waals surface area contributed by atoms with Crippen LogP contribution in [0.4, 0.5) is 0 Å². The zero-order chi connectivity index (χ0) is 45.5. The molecule has 0 heteroatoms.